The van der Waals surface area contributed by atoms with Crippen LogP contribution in [0.3, 0.4) is 0 Å². The van der Waals surface area contributed by atoms with Crippen LogP contribution in [-0.2, 0) is 6.54 Å². The van der Waals surface area contributed by atoms with Crippen LogP contribution in [0.5, 0.6) is 0 Å². The fourth-order valence-electron chi connectivity index (χ4n) is 3.62. The van der Waals surface area contributed by atoms with Crippen molar-refractivity contribution < 1.29 is 13.6 Å². The number of hydrogen-bond donors (Lipinski definition) is 1. The van der Waals surface area contributed by atoms with E-state index in [1.807, 2.05) is 6.07 Å². The molecular formula is C24H20F2N4O3. The summed E-state index contributed by atoms with van der Waals surface area (Å²) in [6.45, 7) is 4.79. The quantitative estimate of drug-likeness (QED) is 0.352. The highest BCUT2D eigenvalue weighted by molar-refractivity contribution is 6.09. The van der Waals surface area contributed by atoms with E-state index in [1.54, 1.807) is 32.9 Å². The van der Waals surface area contributed by atoms with E-state index in [-0.39, 0.29) is 28.9 Å². The molecular weight excluding hydrogens is 430 g/mol. The minimum atomic E-state index is -1.08. The zero-order valence-corrected chi connectivity index (χ0v) is 18.1. The van der Waals surface area contributed by atoms with E-state index < -0.39 is 34.8 Å². The molecule has 0 radical (unpaired) electrons. The Labute approximate surface area is 187 Å². The van der Waals surface area contributed by atoms with Crippen LogP contribution in [0.15, 0.2) is 46.0 Å². The molecule has 0 fully saturated rings. The van der Waals surface area contributed by atoms with Crippen LogP contribution in [0.25, 0.3) is 6.08 Å². The standard InChI is InChI=1S/C24H20F2N4O3/c1-13(2)20-21(22(31)17-8-14(3)7-15(9-17)5-4-6-27)30(24(33)29-23(20)32)12-16-10-18(25)28-19(26)11-16/h4-5,7-11,13H,12H2,1-3H3,(H,29,32,33)/b5-4+. The highest BCUT2D eigenvalue weighted by Gasteiger charge is 2.25. The summed E-state index contributed by atoms with van der Waals surface area (Å²) in [5, 5.41) is 8.79. The van der Waals surface area contributed by atoms with Crippen molar-refractivity contribution in [3.8, 4) is 6.07 Å². The number of allylic oxidation sites excluding steroid dienone is 1. The first-order valence-corrected chi connectivity index (χ1v) is 10.0. The number of aromatic amines is 1. The van der Waals surface area contributed by atoms with Crippen LogP contribution < -0.4 is 11.2 Å². The maximum absolute atomic E-state index is 13.6. The Balaban J connectivity index is 2.27. The number of carbonyl (C=O) groups is 1. The van der Waals surface area contributed by atoms with Gasteiger partial charge in [-0.05, 0) is 59.9 Å². The summed E-state index contributed by atoms with van der Waals surface area (Å²) < 4.78 is 28.3. The summed E-state index contributed by atoms with van der Waals surface area (Å²) in [6.07, 6.45) is 2.79. The number of hydrogen-bond acceptors (Lipinski definition) is 5. The number of aryl methyl sites for hydroxylation is 1. The summed E-state index contributed by atoms with van der Waals surface area (Å²) in [5.74, 6) is -3.19. The Morgan fingerprint density at radius 3 is 2.45 bits per heavy atom. The minimum absolute atomic E-state index is 0.0554. The molecule has 0 aliphatic heterocycles. The molecule has 168 valence electrons. The molecule has 1 aromatic carbocycles. The van der Waals surface area contributed by atoms with Crippen LogP contribution >= 0.6 is 0 Å². The van der Waals surface area contributed by atoms with Gasteiger partial charge in [-0.25, -0.2) is 4.79 Å². The van der Waals surface area contributed by atoms with E-state index in [4.69, 9.17) is 5.26 Å². The second-order valence-corrected chi connectivity index (χ2v) is 7.81. The lowest BCUT2D eigenvalue weighted by molar-refractivity contribution is 0.102. The van der Waals surface area contributed by atoms with Gasteiger partial charge in [-0.15, -0.1) is 0 Å². The SMILES string of the molecule is Cc1cc(/C=C/C#N)cc(C(=O)c2c(C(C)C)c(=O)[nH]c(=O)n2Cc2cc(F)nc(F)c2)c1. The van der Waals surface area contributed by atoms with Gasteiger partial charge in [0.1, 0.15) is 5.69 Å². The molecule has 0 aliphatic carbocycles. The van der Waals surface area contributed by atoms with E-state index in [1.165, 1.54) is 18.2 Å². The zero-order valence-electron chi connectivity index (χ0n) is 18.1. The Morgan fingerprint density at radius 2 is 1.85 bits per heavy atom. The van der Waals surface area contributed by atoms with Gasteiger partial charge in [0, 0.05) is 17.2 Å². The monoisotopic (exact) mass is 450 g/mol. The lowest BCUT2D eigenvalue weighted by atomic mass is 9.95. The molecule has 33 heavy (non-hydrogen) atoms. The first kappa shape index (κ1) is 23.5. The van der Waals surface area contributed by atoms with Gasteiger partial charge in [0.15, 0.2) is 0 Å². The molecule has 0 atom stereocenters. The van der Waals surface area contributed by atoms with Gasteiger partial charge in [-0.3, -0.25) is 19.1 Å². The number of H-pyrrole nitrogens is 1. The number of rotatable bonds is 6. The average molecular weight is 450 g/mol. The molecule has 0 aliphatic rings. The number of carbonyl (C=O) groups excluding carboxylic acids is 1. The molecule has 0 saturated heterocycles. The maximum Gasteiger partial charge on any atom is 0.329 e. The molecule has 0 amide bonds. The first-order valence-electron chi connectivity index (χ1n) is 10.0. The van der Waals surface area contributed by atoms with Gasteiger partial charge in [-0.1, -0.05) is 19.9 Å². The molecule has 0 saturated carbocycles. The molecule has 0 unspecified atom stereocenters. The summed E-state index contributed by atoms with van der Waals surface area (Å²) >= 11 is 0. The molecule has 1 N–H and O–H groups in total. The average Bonchev–Trinajstić information content (AvgIpc) is 2.72. The van der Waals surface area contributed by atoms with Crippen LogP contribution in [-0.4, -0.2) is 20.3 Å². The van der Waals surface area contributed by atoms with E-state index in [0.717, 1.165) is 22.3 Å². The third kappa shape index (κ3) is 5.18. The van der Waals surface area contributed by atoms with E-state index >= 15 is 0 Å². The molecule has 3 aromatic rings. The number of aromatic nitrogens is 3. The lowest BCUT2D eigenvalue weighted by Crippen LogP contribution is -2.38. The van der Waals surface area contributed by atoms with Crippen molar-refractivity contribution in [1.29, 1.82) is 5.26 Å². The van der Waals surface area contributed by atoms with Crippen molar-refractivity contribution in [1.82, 2.24) is 14.5 Å². The second kappa shape index (κ2) is 9.53. The normalized spacial score (nSPS) is 11.2. The van der Waals surface area contributed by atoms with Crippen LogP contribution in [0.2, 0.25) is 0 Å². The summed E-state index contributed by atoms with van der Waals surface area (Å²) in [7, 11) is 0. The molecule has 3 rings (SSSR count). The Hall–Kier alpha value is -4.19. The van der Waals surface area contributed by atoms with Crippen molar-refractivity contribution in [2.24, 2.45) is 0 Å². The Morgan fingerprint density at radius 1 is 1.18 bits per heavy atom. The maximum atomic E-state index is 13.6. The predicted octanol–water partition coefficient (Wildman–Crippen LogP) is 3.46. The van der Waals surface area contributed by atoms with Crippen LogP contribution in [0.4, 0.5) is 8.78 Å². The fourth-order valence-corrected chi connectivity index (χ4v) is 3.62. The van der Waals surface area contributed by atoms with Crippen molar-refractivity contribution in [2.45, 2.75) is 33.2 Å². The van der Waals surface area contributed by atoms with E-state index in [2.05, 4.69) is 9.97 Å². The van der Waals surface area contributed by atoms with Gasteiger partial charge < -0.3 is 0 Å². The van der Waals surface area contributed by atoms with Crippen molar-refractivity contribution in [3.63, 3.8) is 0 Å². The topological polar surface area (TPSA) is 109 Å². The van der Waals surface area contributed by atoms with Crippen LogP contribution in [0, 0.1) is 30.2 Å². The van der Waals surface area contributed by atoms with Crippen molar-refractivity contribution in [2.75, 3.05) is 0 Å². The Kier molecular flexibility index (Phi) is 6.78. The summed E-state index contributed by atoms with van der Waals surface area (Å²) in [5.41, 5.74) is -0.131. The van der Waals surface area contributed by atoms with Gasteiger partial charge in [0.2, 0.25) is 17.7 Å². The number of benzene rings is 1. The number of halogens is 2. The number of nitrogens with one attached hydrogen (secondary N) is 1. The molecule has 9 heteroatoms. The lowest BCUT2D eigenvalue weighted by Gasteiger charge is -2.18. The predicted molar refractivity (Wildman–Crippen MR) is 118 cm³/mol. The van der Waals surface area contributed by atoms with Crippen LogP contribution in [0.1, 0.15) is 58.1 Å². The molecule has 2 aromatic heterocycles. The fraction of sp³-hybridized carbons (Fsp3) is 0.208. The number of ketones is 1. The van der Waals surface area contributed by atoms with E-state index in [9.17, 15) is 23.2 Å². The van der Waals surface area contributed by atoms with Gasteiger partial charge in [-0.2, -0.15) is 19.0 Å². The summed E-state index contributed by atoms with van der Waals surface area (Å²) in [4.78, 5) is 44.2. The van der Waals surface area contributed by atoms with Gasteiger partial charge in [0.25, 0.3) is 5.56 Å². The smallest absolute Gasteiger partial charge is 0.287 e. The van der Waals surface area contributed by atoms with Gasteiger partial charge >= 0.3 is 5.69 Å². The largest absolute Gasteiger partial charge is 0.329 e. The molecule has 0 bridgehead atoms. The number of nitriles is 1. The van der Waals surface area contributed by atoms with Crippen molar-refractivity contribution in [3.05, 3.63) is 103 Å². The number of nitrogens with zero attached hydrogens (tertiary/aromatic N) is 3. The summed E-state index contributed by atoms with van der Waals surface area (Å²) in [6, 6.07) is 8.67. The zero-order chi connectivity index (χ0) is 24.3. The minimum Gasteiger partial charge on any atom is -0.287 e. The highest BCUT2D eigenvalue weighted by atomic mass is 19.1. The number of pyridine rings is 1. The molecule has 7 nitrogen and oxygen atoms in total. The van der Waals surface area contributed by atoms with Crippen molar-refractivity contribution >= 4 is 11.9 Å². The Bertz CT molecular complexity index is 1410. The molecule has 2 heterocycles. The van der Waals surface area contributed by atoms with Gasteiger partial charge in [0.05, 0.1) is 12.6 Å². The highest BCUT2D eigenvalue weighted by Crippen LogP contribution is 2.21. The third-order valence-corrected chi connectivity index (χ3v) is 4.90. The first-order chi connectivity index (χ1) is 15.6. The second-order valence-electron chi connectivity index (χ2n) is 7.81. The molecule has 0 spiro atoms. The third-order valence-electron chi connectivity index (χ3n) is 4.90. The van der Waals surface area contributed by atoms with E-state index in [0.29, 0.717) is 5.56 Å².